The van der Waals surface area contributed by atoms with Crippen LogP contribution < -0.4 is 0 Å². The summed E-state index contributed by atoms with van der Waals surface area (Å²) in [6, 6.07) is 18.0. The van der Waals surface area contributed by atoms with E-state index in [-0.39, 0.29) is 23.8 Å². The lowest BCUT2D eigenvalue weighted by atomic mass is 9.92. The first-order valence-electron chi connectivity index (χ1n) is 9.58. The Morgan fingerprint density at radius 3 is 1.41 bits per heavy atom. The molecule has 0 fully saturated rings. The molecular weight excluding hydrogens is 340 g/mol. The van der Waals surface area contributed by atoms with E-state index in [0.29, 0.717) is 24.3 Å². The SMILES string of the molecule is CCC(COC(=O)c1ccccc1)CC(CC)COC(=O)c1ccccc1. The summed E-state index contributed by atoms with van der Waals surface area (Å²) >= 11 is 0. The van der Waals surface area contributed by atoms with Gasteiger partial charge in [-0.3, -0.25) is 0 Å². The van der Waals surface area contributed by atoms with Crippen molar-refractivity contribution in [3.8, 4) is 0 Å². The molecule has 0 aliphatic rings. The highest BCUT2D eigenvalue weighted by Gasteiger charge is 2.18. The topological polar surface area (TPSA) is 52.6 Å². The number of hydrogen-bond donors (Lipinski definition) is 0. The van der Waals surface area contributed by atoms with Gasteiger partial charge in [-0.25, -0.2) is 9.59 Å². The molecule has 0 aromatic heterocycles. The molecule has 0 bridgehead atoms. The fourth-order valence-corrected chi connectivity index (χ4v) is 2.88. The third-order valence-electron chi connectivity index (χ3n) is 4.74. The van der Waals surface area contributed by atoms with Crippen molar-refractivity contribution in [3.63, 3.8) is 0 Å². The molecule has 0 amide bonds. The van der Waals surface area contributed by atoms with E-state index >= 15 is 0 Å². The maximum absolute atomic E-state index is 12.1. The molecule has 4 heteroatoms. The molecule has 0 spiro atoms. The summed E-state index contributed by atoms with van der Waals surface area (Å²) in [4.78, 5) is 24.2. The first kappa shape index (κ1) is 20.7. The van der Waals surface area contributed by atoms with Gasteiger partial charge in [0, 0.05) is 0 Å². The van der Waals surface area contributed by atoms with Crippen molar-refractivity contribution < 1.29 is 19.1 Å². The van der Waals surface area contributed by atoms with E-state index in [4.69, 9.17) is 9.47 Å². The zero-order chi connectivity index (χ0) is 19.5. The average Bonchev–Trinajstić information content (AvgIpc) is 2.74. The normalized spacial score (nSPS) is 12.8. The third kappa shape index (κ3) is 6.89. The van der Waals surface area contributed by atoms with Crippen molar-refractivity contribution in [1.82, 2.24) is 0 Å². The maximum Gasteiger partial charge on any atom is 0.338 e. The Morgan fingerprint density at radius 2 is 1.07 bits per heavy atom. The van der Waals surface area contributed by atoms with Gasteiger partial charge in [0.15, 0.2) is 0 Å². The maximum atomic E-state index is 12.1. The second-order valence-corrected chi connectivity index (χ2v) is 6.71. The van der Waals surface area contributed by atoms with Crippen LogP contribution in [0.4, 0.5) is 0 Å². The summed E-state index contributed by atoms with van der Waals surface area (Å²) in [6.07, 6.45) is 2.67. The summed E-state index contributed by atoms with van der Waals surface area (Å²) < 4.78 is 10.9. The van der Waals surface area contributed by atoms with Gasteiger partial charge in [-0.15, -0.1) is 0 Å². The van der Waals surface area contributed by atoms with Gasteiger partial charge in [-0.1, -0.05) is 63.1 Å². The first-order valence-corrected chi connectivity index (χ1v) is 9.58. The lowest BCUT2D eigenvalue weighted by Crippen LogP contribution is -2.20. The molecule has 2 aromatic rings. The molecule has 2 aromatic carbocycles. The van der Waals surface area contributed by atoms with E-state index in [1.54, 1.807) is 24.3 Å². The number of carbonyl (C=O) groups is 2. The van der Waals surface area contributed by atoms with Crippen molar-refractivity contribution in [2.75, 3.05) is 13.2 Å². The molecule has 4 nitrogen and oxygen atoms in total. The lowest BCUT2D eigenvalue weighted by Gasteiger charge is -2.21. The highest BCUT2D eigenvalue weighted by atomic mass is 16.5. The van der Waals surface area contributed by atoms with Crippen molar-refractivity contribution in [2.45, 2.75) is 33.1 Å². The van der Waals surface area contributed by atoms with E-state index < -0.39 is 0 Å². The molecule has 0 aliphatic carbocycles. The number of hydrogen-bond acceptors (Lipinski definition) is 4. The predicted molar refractivity (Wildman–Crippen MR) is 106 cm³/mol. The van der Waals surface area contributed by atoms with E-state index in [1.807, 2.05) is 36.4 Å². The second kappa shape index (κ2) is 11.2. The van der Waals surface area contributed by atoms with Crippen LogP contribution in [-0.2, 0) is 9.47 Å². The highest BCUT2D eigenvalue weighted by molar-refractivity contribution is 5.89. The van der Waals surface area contributed by atoms with Crippen LogP contribution in [0.25, 0.3) is 0 Å². The van der Waals surface area contributed by atoms with Gasteiger partial charge in [-0.05, 0) is 42.5 Å². The van der Waals surface area contributed by atoms with E-state index in [0.717, 1.165) is 19.3 Å². The number of benzene rings is 2. The Kier molecular flexibility index (Phi) is 8.56. The summed E-state index contributed by atoms with van der Waals surface area (Å²) in [5.74, 6) is -0.0914. The second-order valence-electron chi connectivity index (χ2n) is 6.71. The van der Waals surface area contributed by atoms with Crippen LogP contribution in [0, 0.1) is 11.8 Å². The number of rotatable bonds is 10. The van der Waals surface area contributed by atoms with Crippen molar-refractivity contribution in [2.24, 2.45) is 11.8 Å². The molecular formula is C23H28O4. The Labute approximate surface area is 161 Å². The average molecular weight is 368 g/mol. The van der Waals surface area contributed by atoms with Gasteiger partial charge < -0.3 is 9.47 Å². The first-order chi connectivity index (χ1) is 13.1. The van der Waals surface area contributed by atoms with Gasteiger partial charge in [0.25, 0.3) is 0 Å². The minimum Gasteiger partial charge on any atom is -0.462 e. The number of ether oxygens (including phenoxy) is 2. The minimum atomic E-state index is -0.294. The summed E-state index contributed by atoms with van der Waals surface area (Å²) in [7, 11) is 0. The standard InChI is InChI=1S/C23H28O4/c1-3-18(16-26-22(24)20-11-7-5-8-12-20)15-19(4-2)17-27-23(25)21-13-9-6-10-14-21/h5-14,18-19H,3-4,15-17H2,1-2H3. The molecule has 2 atom stereocenters. The number of esters is 2. The van der Waals surface area contributed by atoms with Gasteiger partial charge in [-0.2, -0.15) is 0 Å². The van der Waals surface area contributed by atoms with Gasteiger partial charge in [0.2, 0.25) is 0 Å². The summed E-state index contributed by atoms with van der Waals surface area (Å²) in [5.41, 5.74) is 1.13. The molecule has 27 heavy (non-hydrogen) atoms. The van der Waals surface area contributed by atoms with Gasteiger partial charge >= 0.3 is 11.9 Å². The number of carbonyl (C=O) groups excluding carboxylic acids is 2. The Bertz CT molecular complexity index is 635. The van der Waals surface area contributed by atoms with Crippen LogP contribution >= 0.6 is 0 Å². The highest BCUT2D eigenvalue weighted by Crippen LogP contribution is 2.20. The molecule has 0 saturated heterocycles. The summed E-state index contributed by atoms with van der Waals surface area (Å²) in [6.45, 7) is 4.94. The zero-order valence-electron chi connectivity index (χ0n) is 16.1. The fraction of sp³-hybridized carbons (Fsp3) is 0.391. The third-order valence-corrected chi connectivity index (χ3v) is 4.74. The van der Waals surface area contributed by atoms with Crippen LogP contribution in [0.3, 0.4) is 0 Å². The molecule has 0 heterocycles. The van der Waals surface area contributed by atoms with Crippen molar-refractivity contribution in [3.05, 3.63) is 71.8 Å². The molecule has 0 saturated carbocycles. The Morgan fingerprint density at radius 1 is 0.704 bits per heavy atom. The van der Waals surface area contributed by atoms with E-state index in [1.165, 1.54) is 0 Å². The predicted octanol–water partition coefficient (Wildman–Crippen LogP) is 5.14. The Balaban J connectivity index is 1.80. The van der Waals surface area contributed by atoms with Crippen LogP contribution in [-0.4, -0.2) is 25.2 Å². The quantitative estimate of drug-likeness (QED) is 0.545. The lowest BCUT2D eigenvalue weighted by molar-refractivity contribution is 0.0345. The van der Waals surface area contributed by atoms with E-state index in [9.17, 15) is 9.59 Å². The zero-order valence-corrected chi connectivity index (χ0v) is 16.1. The van der Waals surface area contributed by atoms with Crippen molar-refractivity contribution >= 4 is 11.9 Å². The smallest absolute Gasteiger partial charge is 0.338 e. The Hall–Kier alpha value is -2.62. The van der Waals surface area contributed by atoms with Crippen LogP contribution in [0.15, 0.2) is 60.7 Å². The van der Waals surface area contributed by atoms with Crippen LogP contribution in [0.5, 0.6) is 0 Å². The van der Waals surface area contributed by atoms with Gasteiger partial charge in [0.05, 0.1) is 24.3 Å². The largest absolute Gasteiger partial charge is 0.462 e. The molecule has 0 radical (unpaired) electrons. The molecule has 2 unspecified atom stereocenters. The van der Waals surface area contributed by atoms with Crippen LogP contribution in [0.1, 0.15) is 53.8 Å². The van der Waals surface area contributed by atoms with E-state index in [2.05, 4.69) is 13.8 Å². The molecule has 144 valence electrons. The molecule has 2 rings (SSSR count). The van der Waals surface area contributed by atoms with Gasteiger partial charge in [0.1, 0.15) is 0 Å². The molecule has 0 aliphatic heterocycles. The van der Waals surface area contributed by atoms with Crippen molar-refractivity contribution in [1.29, 1.82) is 0 Å². The fourth-order valence-electron chi connectivity index (χ4n) is 2.88. The summed E-state index contributed by atoms with van der Waals surface area (Å²) in [5, 5.41) is 0. The van der Waals surface area contributed by atoms with Crippen LogP contribution in [0.2, 0.25) is 0 Å². The monoisotopic (exact) mass is 368 g/mol. The minimum absolute atomic E-state index is 0.248. The molecule has 0 N–H and O–H groups in total.